The van der Waals surface area contributed by atoms with Crippen LogP contribution in [0.3, 0.4) is 0 Å². The summed E-state index contributed by atoms with van der Waals surface area (Å²) < 4.78 is 0. The van der Waals surface area contributed by atoms with Crippen molar-refractivity contribution in [1.29, 1.82) is 0 Å². The number of phenols is 1. The lowest BCUT2D eigenvalue weighted by molar-refractivity contribution is 0.470. The van der Waals surface area contributed by atoms with Crippen molar-refractivity contribution in [2.24, 2.45) is 5.73 Å². The number of aryl methyl sites for hydroxylation is 1. The van der Waals surface area contributed by atoms with E-state index in [0.717, 1.165) is 11.1 Å². The quantitative estimate of drug-likeness (QED) is 0.719. The highest BCUT2D eigenvalue weighted by Gasteiger charge is 2.02. The number of phenolic OH excluding ortho intramolecular Hbond substituents is 1. The second-order valence-electron chi connectivity index (χ2n) is 2.81. The summed E-state index contributed by atoms with van der Waals surface area (Å²) >= 11 is 0. The van der Waals surface area contributed by atoms with Crippen molar-refractivity contribution in [1.82, 2.24) is 0 Å². The van der Waals surface area contributed by atoms with Crippen LogP contribution in [0.2, 0.25) is 0 Å². The van der Waals surface area contributed by atoms with Crippen LogP contribution in [0.25, 0.3) is 0 Å². The molecule has 1 aromatic carbocycles. The molecule has 0 saturated heterocycles. The molecule has 3 heteroatoms. The summed E-state index contributed by atoms with van der Waals surface area (Å²) in [5.74, 6) is 0.301. The lowest BCUT2D eigenvalue weighted by Gasteiger charge is -2.07. The zero-order valence-electron chi connectivity index (χ0n) is 7.53. The van der Waals surface area contributed by atoms with Crippen LogP contribution in [0.4, 0.5) is 0 Å². The van der Waals surface area contributed by atoms with Gasteiger partial charge in [-0.25, -0.2) is 0 Å². The van der Waals surface area contributed by atoms with Crippen LogP contribution in [0, 0.1) is 6.92 Å². The van der Waals surface area contributed by atoms with Crippen molar-refractivity contribution in [2.75, 3.05) is 0 Å². The largest absolute Gasteiger partial charge is 0.508 e. The molecule has 0 unspecified atom stereocenters. The van der Waals surface area contributed by atoms with E-state index in [9.17, 15) is 5.11 Å². The first-order valence-electron chi connectivity index (χ1n) is 3.83. The normalized spacial score (nSPS) is 11.5. The molecule has 0 aliphatic heterocycles. The van der Waals surface area contributed by atoms with Gasteiger partial charge in [-0.2, -0.15) is 0 Å². The van der Waals surface area contributed by atoms with E-state index in [4.69, 9.17) is 5.73 Å². The van der Waals surface area contributed by atoms with Gasteiger partial charge in [0, 0.05) is 6.04 Å². The molecule has 13 heavy (non-hydrogen) atoms. The van der Waals surface area contributed by atoms with E-state index in [-0.39, 0.29) is 18.4 Å². The molecule has 0 aromatic heterocycles. The highest BCUT2D eigenvalue weighted by atomic mass is 35.5. The number of hydrogen-bond acceptors (Lipinski definition) is 2. The fourth-order valence-corrected chi connectivity index (χ4v) is 1.02. The van der Waals surface area contributed by atoms with Crippen LogP contribution in [0.5, 0.6) is 5.75 Å². The standard InChI is InChI=1S/C10H13NO.ClH/c1-3-9(11)8-4-5-10(12)7(2)6-8;/h3-6,9,12H,1,11H2,2H3;1H/t9-;/m1./s1. The molecule has 1 aromatic rings. The summed E-state index contributed by atoms with van der Waals surface area (Å²) in [6.07, 6.45) is 1.67. The van der Waals surface area contributed by atoms with Crippen LogP contribution in [-0.4, -0.2) is 5.11 Å². The molecule has 3 N–H and O–H groups in total. The van der Waals surface area contributed by atoms with Crippen LogP contribution in [0.1, 0.15) is 17.2 Å². The van der Waals surface area contributed by atoms with Gasteiger partial charge in [0.05, 0.1) is 0 Å². The van der Waals surface area contributed by atoms with E-state index >= 15 is 0 Å². The number of benzene rings is 1. The second-order valence-corrected chi connectivity index (χ2v) is 2.81. The predicted octanol–water partition coefficient (Wildman–Crippen LogP) is 2.31. The highest BCUT2D eigenvalue weighted by molar-refractivity contribution is 5.85. The molecule has 0 saturated carbocycles. The van der Waals surface area contributed by atoms with Crippen LogP contribution in [0.15, 0.2) is 30.9 Å². The van der Waals surface area contributed by atoms with E-state index < -0.39 is 0 Å². The molecule has 0 spiro atoms. The average Bonchev–Trinajstić information content (AvgIpc) is 2.08. The SMILES string of the molecule is C=C[C@@H](N)c1ccc(O)c(C)c1.Cl. The van der Waals surface area contributed by atoms with Gasteiger partial charge in [0.25, 0.3) is 0 Å². The molecule has 0 amide bonds. The third-order valence-corrected chi connectivity index (χ3v) is 1.86. The number of rotatable bonds is 2. The Labute approximate surface area is 84.5 Å². The fourth-order valence-electron chi connectivity index (χ4n) is 1.02. The topological polar surface area (TPSA) is 46.2 Å². The van der Waals surface area contributed by atoms with E-state index in [1.165, 1.54) is 0 Å². The molecule has 1 rings (SSSR count). The first-order valence-corrected chi connectivity index (χ1v) is 3.83. The molecule has 1 atom stereocenters. The molecule has 0 fully saturated rings. The summed E-state index contributed by atoms with van der Waals surface area (Å²) in [6.45, 7) is 5.44. The monoisotopic (exact) mass is 199 g/mol. The zero-order chi connectivity index (χ0) is 9.14. The van der Waals surface area contributed by atoms with E-state index in [0.29, 0.717) is 5.75 Å². The third-order valence-electron chi connectivity index (χ3n) is 1.86. The Hall–Kier alpha value is -0.990. The Morgan fingerprint density at radius 1 is 1.54 bits per heavy atom. The van der Waals surface area contributed by atoms with Gasteiger partial charge in [-0.3, -0.25) is 0 Å². The minimum absolute atomic E-state index is 0. The summed E-state index contributed by atoms with van der Waals surface area (Å²) in [7, 11) is 0. The molecular formula is C10H14ClNO. The van der Waals surface area contributed by atoms with E-state index in [1.807, 2.05) is 13.0 Å². The summed E-state index contributed by atoms with van der Waals surface area (Å²) in [5, 5.41) is 9.23. The lowest BCUT2D eigenvalue weighted by atomic mass is 10.0. The molecular weight excluding hydrogens is 186 g/mol. The molecule has 0 radical (unpaired) electrons. The fraction of sp³-hybridized carbons (Fsp3) is 0.200. The number of hydrogen-bond donors (Lipinski definition) is 2. The number of nitrogens with two attached hydrogens (primary N) is 1. The van der Waals surface area contributed by atoms with Gasteiger partial charge in [-0.15, -0.1) is 19.0 Å². The summed E-state index contributed by atoms with van der Waals surface area (Å²) in [6, 6.07) is 5.16. The van der Waals surface area contributed by atoms with Crippen LogP contribution < -0.4 is 5.73 Å². The van der Waals surface area contributed by atoms with Gasteiger partial charge in [0.2, 0.25) is 0 Å². The zero-order valence-corrected chi connectivity index (χ0v) is 8.34. The first kappa shape index (κ1) is 12.0. The van der Waals surface area contributed by atoms with Crippen molar-refractivity contribution in [3.63, 3.8) is 0 Å². The second kappa shape index (κ2) is 4.90. The Morgan fingerprint density at radius 3 is 2.62 bits per heavy atom. The minimum Gasteiger partial charge on any atom is -0.508 e. The Balaban J connectivity index is 0.00000144. The van der Waals surface area contributed by atoms with Crippen molar-refractivity contribution < 1.29 is 5.11 Å². The maximum Gasteiger partial charge on any atom is 0.118 e. The predicted molar refractivity (Wildman–Crippen MR) is 57.2 cm³/mol. The molecule has 0 aliphatic carbocycles. The summed E-state index contributed by atoms with van der Waals surface area (Å²) in [5.41, 5.74) is 7.52. The van der Waals surface area contributed by atoms with Crippen molar-refractivity contribution in [3.05, 3.63) is 42.0 Å². The number of aromatic hydroxyl groups is 1. The Kier molecular flexibility index (Phi) is 4.52. The van der Waals surface area contributed by atoms with Crippen molar-refractivity contribution in [2.45, 2.75) is 13.0 Å². The van der Waals surface area contributed by atoms with Gasteiger partial charge >= 0.3 is 0 Å². The first-order chi connectivity index (χ1) is 5.65. The molecule has 0 heterocycles. The lowest BCUT2D eigenvalue weighted by Crippen LogP contribution is -2.06. The summed E-state index contributed by atoms with van der Waals surface area (Å²) in [4.78, 5) is 0. The highest BCUT2D eigenvalue weighted by Crippen LogP contribution is 2.20. The van der Waals surface area contributed by atoms with Gasteiger partial charge < -0.3 is 10.8 Å². The average molecular weight is 200 g/mol. The third kappa shape index (κ3) is 2.76. The molecule has 2 nitrogen and oxygen atoms in total. The maximum absolute atomic E-state index is 9.23. The van der Waals surface area contributed by atoms with Gasteiger partial charge in [0.1, 0.15) is 5.75 Å². The van der Waals surface area contributed by atoms with Crippen molar-refractivity contribution >= 4 is 12.4 Å². The minimum atomic E-state index is -0.149. The van der Waals surface area contributed by atoms with Gasteiger partial charge in [0.15, 0.2) is 0 Å². The maximum atomic E-state index is 9.23. The van der Waals surface area contributed by atoms with Crippen LogP contribution >= 0.6 is 12.4 Å². The Bertz CT molecular complexity index is 299. The number of halogens is 1. The van der Waals surface area contributed by atoms with Gasteiger partial charge in [-0.1, -0.05) is 18.2 Å². The van der Waals surface area contributed by atoms with E-state index in [2.05, 4.69) is 6.58 Å². The van der Waals surface area contributed by atoms with Crippen molar-refractivity contribution in [3.8, 4) is 5.75 Å². The molecule has 0 aliphatic rings. The van der Waals surface area contributed by atoms with Gasteiger partial charge in [-0.05, 0) is 24.1 Å². The molecule has 72 valence electrons. The van der Waals surface area contributed by atoms with Crippen LogP contribution in [-0.2, 0) is 0 Å². The molecule has 0 bridgehead atoms. The smallest absolute Gasteiger partial charge is 0.118 e. The van der Waals surface area contributed by atoms with E-state index in [1.54, 1.807) is 18.2 Å². The Morgan fingerprint density at radius 2 is 2.15 bits per heavy atom.